The van der Waals surface area contributed by atoms with Gasteiger partial charge in [-0.15, -0.1) is 0 Å². The van der Waals surface area contributed by atoms with E-state index in [1.807, 2.05) is 25.2 Å². The van der Waals surface area contributed by atoms with Gasteiger partial charge in [0.05, 0.1) is 18.1 Å². The van der Waals surface area contributed by atoms with E-state index >= 15 is 0 Å². The Morgan fingerprint density at radius 3 is 2.89 bits per heavy atom. The van der Waals surface area contributed by atoms with Gasteiger partial charge in [0.2, 0.25) is 5.88 Å². The van der Waals surface area contributed by atoms with Gasteiger partial charge in [-0.2, -0.15) is 5.10 Å². The lowest BCUT2D eigenvalue weighted by Gasteiger charge is -2.08. The first-order valence-corrected chi connectivity index (χ1v) is 5.99. The van der Waals surface area contributed by atoms with E-state index in [1.165, 1.54) is 0 Å². The maximum Gasteiger partial charge on any atom is 0.219 e. The standard InChI is InChI=1S/C13H18N4O/c1-10(2)14-7-11-5-4-6-13(16-11)18-12-8-15-17(3)9-12/h4-6,8-10,14H,7H2,1-3H3. The van der Waals surface area contributed by atoms with Gasteiger partial charge in [-0.25, -0.2) is 4.98 Å². The van der Waals surface area contributed by atoms with E-state index in [0.717, 1.165) is 12.2 Å². The number of ether oxygens (including phenoxy) is 1. The van der Waals surface area contributed by atoms with E-state index in [9.17, 15) is 0 Å². The zero-order chi connectivity index (χ0) is 13.0. The summed E-state index contributed by atoms with van der Waals surface area (Å²) >= 11 is 0. The third kappa shape index (κ3) is 3.56. The topological polar surface area (TPSA) is 52.0 Å². The van der Waals surface area contributed by atoms with Crippen molar-refractivity contribution < 1.29 is 4.74 Å². The first kappa shape index (κ1) is 12.6. The summed E-state index contributed by atoms with van der Waals surface area (Å²) in [7, 11) is 1.85. The zero-order valence-corrected chi connectivity index (χ0v) is 10.9. The molecule has 0 radical (unpaired) electrons. The Balaban J connectivity index is 2.02. The average molecular weight is 246 g/mol. The average Bonchev–Trinajstić information content (AvgIpc) is 2.73. The molecule has 0 aliphatic heterocycles. The van der Waals surface area contributed by atoms with Gasteiger partial charge in [0, 0.05) is 25.7 Å². The van der Waals surface area contributed by atoms with Crippen LogP contribution in [0.25, 0.3) is 0 Å². The van der Waals surface area contributed by atoms with Crippen molar-refractivity contribution in [3.63, 3.8) is 0 Å². The van der Waals surface area contributed by atoms with Crippen LogP contribution in [-0.4, -0.2) is 20.8 Å². The van der Waals surface area contributed by atoms with E-state index in [2.05, 4.69) is 29.2 Å². The van der Waals surface area contributed by atoms with E-state index < -0.39 is 0 Å². The van der Waals surface area contributed by atoms with Crippen LogP contribution in [0.4, 0.5) is 0 Å². The van der Waals surface area contributed by atoms with Crippen molar-refractivity contribution in [2.45, 2.75) is 26.4 Å². The molecule has 2 aromatic rings. The molecule has 0 aliphatic rings. The molecule has 5 heteroatoms. The number of nitrogens with one attached hydrogen (secondary N) is 1. The number of aryl methyl sites for hydroxylation is 1. The van der Waals surface area contributed by atoms with Crippen LogP contribution in [0.3, 0.4) is 0 Å². The van der Waals surface area contributed by atoms with Crippen LogP contribution in [0.1, 0.15) is 19.5 Å². The summed E-state index contributed by atoms with van der Waals surface area (Å²) in [5.74, 6) is 1.28. The Hall–Kier alpha value is -1.88. The fourth-order valence-corrected chi connectivity index (χ4v) is 1.49. The van der Waals surface area contributed by atoms with Crippen LogP contribution < -0.4 is 10.1 Å². The van der Waals surface area contributed by atoms with Crippen molar-refractivity contribution >= 4 is 0 Å². The molecule has 5 nitrogen and oxygen atoms in total. The fraction of sp³-hybridized carbons (Fsp3) is 0.385. The van der Waals surface area contributed by atoms with E-state index in [4.69, 9.17) is 4.74 Å². The van der Waals surface area contributed by atoms with Crippen LogP contribution in [0.15, 0.2) is 30.6 Å². The van der Waals surface area contributed by atoms with Crippen LogP contribution in [0.5, 0.6) is 11.6 Å². The molecule has 96 valence electrons. The van der Waals surface area contributed by atoms with Crippen LogP contribution in [0.2, 0.25) is 0 Å². The quantitative estimate of drug-likeness (QED) is 0.877. The predicted molar refractivity (Wildman–Crippen MR) is 69.5 cm³/mol. The highest BCUT2D eigenvalue weighted by atomic mass is 16.5. The Morgan fingerprint density at radius 1 is 1.39 bits per heavy atom. The lowest BCUT2D eigenvalue weighted by molar-refractivity contribution is 0.457. The minimum atomic E-state index is 0.440. The summed E-state index contributed by atoms with van der Waals surface area (Å²) in [5.41, 5.74) is 0.963. The normalized spacial score (nSPS) is 10.9. The van der Waals surface area contributed by atoms with Crippen molar-refractivity contribution in [3.8, 4) is 11.6 Å². The fourth-order valence-electron chi connectivity index (χ4n) is 1.49. The second kappa shape index (κ2) is 5.64. The summed E-state index contributed by atoms with van der Waals surface area (Å²) < 4.78 is 7.32. The zero-order valence-electron chi connectivity index (χ0n) is 10.9. The molecule has 2 heterocycles. The third-order valence-corrected chi connectivity index (χ3v) is 2.38. The third-order valence-electron chi connectivity index (χ3n) is 2.38. The van der Waals surface area contributed by atoms with Crippen molar-refractivity contribution in [2.75, 3.05) is 0 Å². The Labute approximate surface area is 107 Å². The second-order valence-corrected chi connectivity index (χ2v) is 4.45. The van der Waals surface area contributed by atoms with Crippen molar-refractivity contribution in [3.05, 3.63) is 36.3 Å². The molecule has 0 amide bonds. The highest BCUT2D eigenvalue weighted by Crippen LogP contribution is 2.18. The number of hydrogen-bond donors (Lipinski definition) is 1. The molecule has 0 fully saturated rings. The highest BCUT2D eigenvalue weighted by molar-refractivity contribution is 5.23. The molecule has 0 bridgehead atoms. The van der Waals surface area contributed by atoms with Gasteiger partial charge in [-0.05, 0) is 6.07 Å². The Bertz CT molecular complexity index is 507. The molecule has 0 saturated heterocycles. The van der Waals surface area contributed by atoms with Crippen LogP contribution >= 0.6 is 0 Å². The van der Waals surface area contributed by atoms with Gasteiger partial charge in [0.1, 0.15) is 0 Å². The molecule has 0 saturated carbocycles. The number of hydrogen-bond acceptors (Lipinski definition) is 4. The maximum atomic E-state index is 5.62. The molecule has 2 aromatic heterocycles. The molecule has 1 N–H and O–H groups in total. The van der Waals surface area contributed by atoms with Gasteiger partial charge in [0.25, 0.3) is 0 Å². The lowest BCUT2D eigenvalue weighted by atomic mass is 10.3. The predicted octanol–water partition coefficient (Wildman–Crippen LogP) is 2.11. The van der Waals surface area contributed by atoms with Gasteiger partial charge in [-0.1, -0.05) is 19.9 Å². The number of aromatic nitrogens is 3. The van der Waals surface area contributed by atoms with Crippen molar-refractivity contribution in [1.29, 1.82) is 0 Å². The molecule has 2 rings (SSSR count). The van der Waals surface area contributed by atoms with Crippen molar-refractivity contribution in [2.24, 2.45) is 7.05 Å². The van der Waals surface area contributed by atoms with Gasteiger partial charge in [0.15, 0.2) is 5.75 Å². The smallest absolute Gasteiger partial charge is 0.219 e. The minimum Gasteiger partial charge on any atom is -0.436 e. The summed E-state index contributed by atoms with van der Waals surface area (Å²) in [6.07, 6.45) is 3.47. The largest absolute Gasteiger partial charge is 0.436 e. The van der Waals surface area contributed by atoms with Crippen LogP contribution in [0, 0.1) is 0 Å². The Kier molecular flexibility index (Phi) is 3.94. The molecule has 0 atom stereocenters. The van der Waals surface area contributed by atoms with Crippen molar-refractivity contribution in [1.82, 2.24) is 20.1 Å². The molecular formula is C13H18N4O. The molecule has 0 unspecified atom stereocenters. The van der Waals surface area contributed by atoms with E-state index in [1.54, 1.807) is 17.1 Å². The Morgan fingerprint density at radius 2 is 2.22 bits per heavy atom. The monoisotopic (exact) mass is 246 g/mol. The minimum absolute atomic E-state index is 0.440. The number of nitrogens with zero attached hydrogens (tertiary/aromatic N) is 3. The van der Waals surface area contributed by atoms with Gasteiger partial charge < -0.3 is 10.1 Å². The second-order valence-electron chi connectivity index (χ2n) is 4.45. The highest BCUT2D eigenvalue weighted by Gasteiger charge is 2.03. The molecular weight excluding hydrogens is 228 g/mol. The molecule has 0 spiro atoms. The first-order chi connectivity index (χ1) is 8.63. The van der Waals surface area contributed by atoms with E-state index in [-0.39, 0.29) is 0 Å². The maximum absolute atomic E-state index is 5.62. The SMILES string of the molecule is CC(C)NCc1cccc(Oc2cnn(C)c2)n1. The number of rotatable bonds is 5. The summed E-state index contributed by atoms with van der Waals surface area (Å²) in [5, 5.41) is 7.37. The van der Waals surface area contributed by atoms with Gasteiger partial charge >= 0.3 is 0 Å². The van der Waals surface area contributed by atoms with Crippen LogP contribution in [-0.2, 0) is 13.6 Å². The summed E-state index contributed by atoms with van der Waals surface area (Å²) in [4.78, 5) is 4.43. The molecule has 0 aromatic carbocycles. The lowest BCUT2D eigenvalue weighted by Crippen LogP contribution is -2.22. The molecule has 0 aliphatic carbocycles. The number of pyridine rings is 1. The first-order valence-electron chi connectivity index (χ1n) is 5.99. The van der Waals surface area contributed by atoms with Gasteiger partial charge in [-0.3, -0.25) is 4.68 Å². The summed E-state index contributed by atoms with van der Waals surface area (Å²) in [6.45, 7) is 4.95. The molecule has 18 heavy (non-hydrogen) atoms. The summed E-state index contributed by atoms with van der Waals surface area (Å²) in [6, 6.07) is 6.20. The van der Waals surface area contributed by atoms with E-state index in [0.29, 0.717) is 17.7 Å².